The molecule has 0 N–H and O–H groups in total. The van der Waals surface area contributed by atoms with Gasteiger partial charge in [-0.1, -0.05) is 91.0 Å². The maximum absolute atomic E-state index is 13.7. The van der Waals surface area contributed by atoms with Crippen LogP contribution in [0.25, 0.3) is 77.2 Å². The van der Waals surface area contributed by atoms with E-state index >= 15 is 0 Å². The van der Waals surface area contributed by atoms with Crippen LogP contribution in [0.2, 0.25) is 0 Å². The van der Waals surface area contributed by atoms with Crippen molar-refractivity contribution < 1.29 is 39.5 Å². The normalized spacial score (nSPS) is 12.7. The molecule has 0 saturated carbocycles. The Labute approximate surface area is 312 Å². The van der Waals surface area contributed by atoms with E-state index in [0.717, 1.165) is 55.0 Å². The fourth-order valence-corrected chi connectivity index (χ4v) is 7.80. The Kier molecular flexibility index (Phi) is 7.88. The summed E-state index contributed by atoms with van der Waals surface area (Å²) in [6.07, 6.45) is -17.3. The minimum absolute atomic E-state index is 0.111. The second-order valence-electron chi connectivity index (χ2n) is 13.5. The Hall–Kier alpha value is -6.49. The van der Waals surface area contributed by atoms with Crippen molar-refractivity contribution in [3.05, 3.63) is 168 Å². The lowest BCUT2D eigenvalue weighted by Crippen LogP contribution is -2.23. The molecule has 0 unspecified atom stereocenters. The molecule has 0 amide bonds. The summed E-state index contributed by atoms with van der Waals surface area (Å²) in [5.41, 5.74) is -1.02. The highest BCUT2D eigenvalue weighted by molar-refractivity contribution is 6.12. The number of para-hydroxylation sites is 3. The summed E-state index contributed by atoms with van der Waals surface area (Å²) in [4.78, 5) is 0. The summed E-state index contributed by atoms with van der Waals surface area (Å²) in [5.74, 6) is 0. The summed E-state index contributed by atoms with van der Waals surface area (Å²) < 4.78 is 128. The van der Waals surface area contributed by atoms with Gasteiger partial charge in [0.15, 0.2) is 0 Å². The number of alkyl halides is 9. The van der Waals surface area contributed by atoms with Gasteiger partial charge < -0.3 is 9.13 Å². The predicted molar refractivity (Wildman–Crippen MR) is 201 cm³/mol. The molecule has 9 rings (SSSR count). The van der Waals surface area contributed by atoms with E-state index in [4.69, 9.17) is 0 Å². The minimum atomic E-state index is -5.89. The van der Waals surface area contributed by atoms with Crippen LogP contribution in [0, 0.1) is 0 Å². The summed E-state index contributed by atoms with van der Waals surface area (Å²) in [6, 6.07) is 44.3. The van der Waals surface area contributed by atoms with E-state index in [1.807, 2.05) is 66.7 Å². The van der Waals surface area contributed by atoms with Crippen molar-refractivity contribution >= 4 is 43.6 Å². The molecule has 11 heteroatoms. The van der Waals surface area contributed by atoms with Gasteiger partial charge in [-0.3, -0.25) is 0 Å². The Morgan fingerprint density at radius 3 is 1.11 bits per heavy atom. The SMILES string of the molecule is FC(F)(F)c1cc(-c2ccc(-c3ccc(-n4c5ccccc5c5cc(-n6c7ccccc7c7ccccc76)ccc54)cc3)cc2)cc(C(F)(F)F)c1C(F)(F)F. The zero-order valence-corrected chi connectivity index (χ0v) is 28.7. The topological polar surface area (TPSA) is 9.86 Å². The zero-order chi connectivity index (χ0) is 39.1. The number of benzene rings is 7. The van der Waals surface area contributed by atoms with E-state index in [-0.39, 0.29) is 17.7 Å². The molecule has 0 aliphatic heterocycles. The number of rotatable bonds is 4. The molecule has 0 spiro atoms. The van der Waals surface area contributed by atoms with Crippen LogP contribution in [-0.2, 0) is 18.5 Å². The molecule has 9 aromatic rings. The van der Waals surface area contributed by atoms with E-state index < -0.39 is 40.8 Å². The number of nitrogens with zero attached hydrogens (tertiary/aromatic N) is 2. The van der Waals surface area contributed by atoms with Gasteiger partial charge in [-0.15, -0.1) is 0 Å². The average molecular weight is 765 g/mol. The van der Waals surface area contributed by atoms with Gasteiger partial charge in [-0.05, 0) is 82.9 Å². The highest BCUT2D eigenvalue weighted by Gasteiger charge is 2.50. The number of halogens is 9. The first-order chi connectivity index (χ1) is 26.7. The Morgan fingerprint density at radius 2 is 0.661 bits per heavy atom. The maximum Gasteiger partial charge on any atom is 0.417 e. The van der Waals surface area contributed by atoms with E-state index in [1.54, 1.807) is 0 Å². The van der Waals surface area contributed by atoms with Gasteiger partial charge in [0.1, 0.15) is 0 Å². The van der Waals surface area contributed by atoms with Crippen LogP contribution in [0.1, 0.15) is 16.7 Å². The first-order valence-electron chi connectivity index (χ1n) is 17.3. The fraction of sp³-hybridized carbons (Fsp3) is 0.0667. The van der Waals surface area contributed by atoms with Crippen molar-refractivity contribution in [2.24, 2.45) is 0 Å². The summed E-state index contributed by atoms with van der Waals surface area (Å²) in [6.45, 7) is 0. The molecule has 278 valence electrons. The Balaban J connectivity index is 1.09. The molecular weight excluding hydrogens is 739 g/mol. The van der Waals surface area contributed by atoms with Gasteiger partial charge in [-0.25, -0.2) is 0 Å². The molecule has 0 saturated heterocycles. The van der Waals surface area contributed by atoms with E-state index in [2.05, 4.69) is 57.7 Å². The highest BCUT2D eigenvalue weighted by Crippen LogP contribution is 2.48. The largest absolute Gasteiger partial charge is 0.417 e. The number of fused-ring (bicyclic) bond motifs is 6. The fourth-order valence-electron chi connectivity index (χ4n) is 7.80. The standard InChI is InChI=1S/C45H25F9N2/c46-43(47,48)36-23-29(24-37(44(49,50)51)42(36)45(52,53)54)28-15-13-26(14-16-28)27-17-19-30(20-18-27)55-40-12-6-3-9-34(40)35-25-31(21-22-41(35)55)56-38-10-4-1-7-32(38)33-8-2-5-11-39(33)56/h1-25H. The zero-order valence-electron chi connectivity index (χ0n) is 28.7. The molecule has 2 heterocycles. The lowest BCUT2D eigenvalue weighted by molar-refractivity contribution is -0.174. The van der Waals surface area contributed by atoms with E-state index in [1.165, 1.54) is 24.3 Å². The molecule has 0 radical (unpaired) electrons. The molecule has 0 aliphatic carbocycles. The highest BCUT2D eigenvalue weighted by atomic mass is 19.4. The van der Waals surface area contributed by atoms with Crippen molar-refractivity contribution in [2.75, 3.05) is 0 Å². The van der Waals surface area contributed by atoms with Crippen LogP contribution >= 0.6 is 0 Å². The number of aromatic nitrogens is 2. The molecule has 0 fully saturated rings. The third-order valence-corrected chi connectivity index (χ3v) is 10.2. The molecule has 56 heavy (non-hydrogen) atoms. The molecule has 0 bridgehead atoms. The Morgan fingerprint density at radius 1 is 0.304 bits per heavy atom. The van der Waals surface area contributed by atoms with Crippen LogP contribution in [0.15, 0.2) is 152 Å². The molecule has 2 aromatic heterocycles. The maximum atomic E-state index is 13.7. The van der Waals surface area contributed by atoms with Gasteiger partial charge >= 0.3 is 18.5 Å². The Bertz CT molecular complexity index is 2870. The third-order valence-electron chi connectivity index (χ3n) is 10.2. The van der Waals surface area contributed by atoms with Crippen molar-refractivity contribution in [1.82, 2.24) is 9.13 Å². The molecular formula is C45H25F9N2. The summed E-state index contributed by atoms with van der Waals surface area (Å²) in [7, 11) is 0. The van der Waals surface area contributed by atoms with E-state index in [0.29, 0.717) is 11.1 Å². The first kappa shape index (κ1) is 35.2. The smallest absolute Gasteiger partial charge is 0.309 e. The van der Waals surface area contributed by atoms with Crippen LogP contribution in [-0.4, -0.2) is 9.13 Å². The molecule has 0 aliphatic rings. The van der Waals surface area contributed by atoms with Crippen molar-refractivity contribution in [2.45, 2.75) is 18.5 Å². The van der Waals surface area contributed by atoms with Crippen LogP contribution < -0.4 is 0 Å². The van der Waals surface area contributed by atoms with Gasteiger partial charge in [0.05, 0.1) is 38.8 Å². The first-order valence-corrected chi connectivity index (χ1v) is 17.3. The molecule has 2 nitrogen and oxygen atoms in total. The quantitative estimate of drug-likeness (QED) is 0.158. The third kappa shape index (κ3) is 5.77. The number of hydrogen-bond donors (Lipinski definition) is 0. The number of hydrogen-bond acceptors (Lipinski definition) is 0. The summed E-state index contributed by atoms with van der Waals surface area (Å²) >= 11 is 0. The lowest BCUT2D eigenvalue weighted by atomic mass is 9.92. The van der Waals surface area contributed by atoms with Gasteiger partial charge in [0.2, 0.25) is 0 Å². The predicted octanol–water partition coefficient (Wildman–Crippen LogP) is 14.3. The second-order valence-corrected chi connectivity index (χ2v) is 13.5. The van der Waals surface area contributed by atoms with Crippen molar-refractivity contribution in [3.63, 3.8) is 0 Å². The lowest BCUT2D eigenvalue weighted by Gasteiger charge is -2.22. The summed E-state index contributed by atoms with van der Waals surface area (Å²) in [5, 5.41) is 4.41. The van der Waals surface area contributed by atoms with Gasteiger partial charge in [0, 0.05) is 32.9 Å². The molecule has 7 aromatic carbocycles. The van der Waals surface area contributed by atoms with Crippen LogP contribution in [0.3, 0.4) is 0 Å². The van der Waals surface area contributed by atoms with Gasteiger partial charge in [0.25, 0.3) is 0 Å². The average Bonchev–Trinajstić information content (AvgIpc) is 3.69. The van der Waals surface area contributed by atoms with E-state index in [9.17, 15) is 39.5 Å². The van der Waals surface area contributed by atoms with Crippen molar-refractivity contribution in [1.29, 1.82) is 0 Å². The molecule has 0 atom stereocenters. The van der Waals surface area contributed by atoms with Gasteiger partial charge in [-0.2, -0.15) is 39.5 Å². The minimum Gasteiger partial charge on any atom is -0.309 e. The van der Waals surface area contributed by atoms with Crippen molar-refractivity contribution in [3.8, 4) is 33.6 Å². The van der Waals surface area contributed by atoms with Crippen LogP contribution in [0.4, 0.5) is 39.5 Å². The van der Waals surface area contributed by atoms with Crippen LogP contribution in [0.5, 0.6) is 0 Å². The second kappa shape index (κ2) is 12.5. The monoisotopic (exact) mass is 764 g/mol.